The Bertz CT molecular complexity index is 817. The van der Waals surface area contributed by atoms with Gasteiger partial charge in [0.2, 0.25) is 0 Å². The fourth-order valence-corrected chi connectivity index (χ4v) is 4.69. The molecule has 1 atom stereocenters. The average molecular weight is 344 g/mol. The van der Waals surface area contributed by atoms with Gasteiger partial charge in [-0.3, -0.25) is 9.78 Å². The molecular weight excluding hydrogens is 324 g/mol. The quantitative estimate of drug-likeness (QED) is 0.850. The Labute approximate surface area is 142 Å². The number of pyridine rings is 1. The SMILES string of the molecule is CN(C(=O)c1ccc(Cc2ccccc2)nc1)[C@@H]1CCS(=O)(=O)C1. The molecule has 2 heterocycles. The normalized spacial score (nSPS) is 19.1. The predicted molar refractivity (Wildman–Crippen MR) is 92.6 cm³/mol. The van der Waals surface area contributed by atoms with Crippen molar-refractivity contribution in [1.82, 2.24) is 9.88 Å². The molecule has 24 heavy (non-hydrogen) atoms. The van der Waals surface area contributed by atoms with Gasteiger partial charge in [-0.05, 0) is 24.1 Å². The minimum atomic E-state index is -3.01. The van der Waals surface area contributed by atoms with Crippen LogP contribution in [0.4, 0.5) is 0 Å². The summed E-state index contributed by atoms with van der Waals surface area (Å²) in [6.07, 6.45) is 2.79. The fourth-order valence-electron chi connectivity index (χ4n) is 2.91. The molecule has 1 fully saturated rings. The van der Waals surface area contributed by atoms with Gasteiger partial charge in [-0.25, -0.2) is 8.42 Å². The molecule has 126 valence electrons. The number of hydrogen-bond acceptors (Lipinski definition) is 4. The molecule has 2 aromatic rings. The lowest BCUT2D eigenvalue weighted by Gasteiger charge is -2.23. The summed E-state index contributed by atoms with van der Waals surface area (Å²) < 4.78 is 23.1. The Morgan fingerprint density at radius 1 is 1.21 bits per heavy atom. The number of hydrogen-bond donors (Lipinski definition) is 0. The van der Waals surface area contributed by atoms with Crippen molar-refractivity contribution in [1.29, 1.82) is 0 Å². The zero-order chi connectivity index (χ0) is 17.2. The molecular formula is C18H20N2O3S. The lowest BCUT2D eigenvalue weighted by molar-refractivity contribution is 0.0747. The third-order valence-electron chi connectivity index (χ3n) is 4.38. The van der Waals surface area contributed by atoms with Gasteiger partial charge in [0.25, 0.3) is 5.91 Å². The van der Waals surface area contributed by atoms with Gasteiger partial charge in [-0.2, -0.15) is 0 Å². The van der Waals surface area contributed by atoms with Crippen LogP contribution in [-0.4, -0.2) is 48.8 Å². The Morgan fingerprint density at radius 3 is 2.54 bits per heavy atom. The van der Waals surface area contributed by atoms with Crippen molar-refractivity contribution in [2.45, 2.75) is 18.9 Å². The van der Waals surface area contributed by atoms with Gasteiger partial charge in [0.1, 0.15) is 0 Å². The Kier molecular flexibility index (Phi) is 4.66. The van der Waals surface area contributed by atoms with Gasteiger partial charge in [-0.15, -0.1) is 0 Å². The highest BCUT2D eigenvalue weighted by molar-refractivity contribution is 7.91. The van der Waals surface area contributed by atoms with E-state index in [1.807, 2.05) is 36.4 Å². The van der Waals surface area contributed by atoms with Crippen molar-refractivity contribution in [3.63, 3.8) is 0 Å². The highest BCUT2D eigenvalue weighted by Crippen LogP contribution is 2.18. The van der Waals surface area contributed by atoms with Gasteiger partial charge in [0, 0.05) is 31.4 Å². The molecule has 0 saturated carbocycles. The first-order chi connectivity index (χ1) is 11.4. The number of rotatable bonds is 4. The maximum atomic E-state index is 12.5. The second-order valence-electron chi connectivity index (χ2n) is 6.17. The van der Waals surface area contributed by atoms with E-state index in [0.717, 1.165) is 11.3 Å². The lowest BCUT2D eigenvalue weighted by Crippen LogP contribution is -2.37. The van der Waals surface area contributed by atoms with Crippen LogP contribution in [0.1, 0.15) is 28.0 Å². The second-order valence-corrected chi connectivity index (χ2v) is 8.40. The molecule has 1 aromatic heterocycles. The van der Waals surface area contributed by atoms with Gasteiger partial charge >= 0.3 is 0 Å². The standard InChI is InChI=1S/C18H20N2O3S/c1-20(17-9-10-24(22,23)13-17)18(21)15-7-8-16(19-12-15)11-14-5-3-2-4-6-14/h2-8,12,17H,9-11,13H2,1H3/t17-/m1/s1. The van der Waals surface area contributed by atoms with Crippen LogP contribution in [0.2, 0.25) is 0 Å². The summed E-state index contributed by atoms with van der Waals surface area (Å²) >= 11 is 0. The first kappa shape index (κ1) is 16.6. The summed E-state index contributed by atoms with van der Waals surface area (Å²) in [5, 5.41) is 0. The number of benzene rings is 1. The van der Waals surface area contributed by atoms with Gasteiger partial charge in [0.05, 0.1) is 17.1 Å². The van der Waals surface area contributed by atoms with Crippen LogP contribution < -0.4 is 0 Å². The maximum absolute atomic E-state index is 12.5. The molecule has 0 aliphatic carbocycles. The predicted octanol–water partition coefficient (Wildman–Crippen LogP) is 1.93. The zero-order valence-corrected chi connectivity index (χ0v) is 14.4. The van der Waals surface area contributed by atoms with Gasteiger partial charge < -0.3 is 4.90 Å². The van der Waals surface area contributed by atoms with Crippen LogP contribution in [0, 0.1) is 0 Å². The van der Waals surface area contributed by atoms with Crippen LogP contribution in [0.5, 0.6) is 0 Å². The molecule has 0 unspecified atom stereocenters. The second kappa shape index (κ2) is 6.73. The molecule has 0 spiro atoms. The third kappa shape index (κ3) is 3.82. The largest absolute Gasteiger partial charge is 0.338 e. The van der Waals surface area contributed by atoms with E-state index in [-0.39, 0.29) is 23.5 Å². The first-order valence-electron chi connectivity index (χ1n) is 7.91. The fraction of sp³-hybridized carbons (Fsp3) is 0.333. The number of nitrogens with zero attached hydrogens (tertiary/aromatic N) is 2. The van der Waals surface area contributed by atoms with E-state index >= 15 is 0 Å². The van der Waals surface area contributed by atoms with Gasteiger partial charge in [-0.1, -0.05) is 30.3 Å². The molecule has 1 aliphatic rings. The van der Waals surface area contributed by atoms with Crippen LogP contribution in [0.3, 0.4) is 0 Å². The lowest BCUT2D eigenvalue weighted by atomic mass is 10.1. The maximum Gasteiger partial charge on any atom is 0.255 e. The van der Waals surface area contributed by atoms with Crippen molar-refractivity contribution in [3.8, 4) is 0 Å². The van der Waals surface area contributed by atoms with Crippen molar-refractivity contribution in [3.05, 3.63) is 65.5 Å². The summed E-state index contributed by atoms with van der Waals surface area (Å²) in [4.78, 5) is 18.4. The smallest absolute Gasteiger partial charge is 0.255 e. The van der Waals surface area contributed by atoms with E-state index in [4.69, 9.17) is 0 Å². The summed E-state index contributed by atoms with van der Waals surface area (Å²) in [5.74, 6) is 0.0223. The van der Waals surface area contributed by atoms with E-state index < -0.39 is 9.84 Å². The average Bonchev–Trinajstić information content (AvgIpc) is 2.95. The summed E-state index contributed by atoms with van der Waals surface area (Å²) in [5.41, 5.74) is 2.54. The van der Waals surface area contributed by atoms with Crippen molar-refractivity contribution >= 4 is 15.7 Å². The molecule has 5 nitrogen and oxygen atoms in total. The minimum Gasteiger partial charge on any atom is -0.338 e. The molecule has 3 rings (SSSR count). The van der Waals surface area contributed by atoms with E-state index in [1.54, 1.807) is 19.3 Å². The van der Waals surface area contributed by atoms with E-state index in [9.17, 15) is 13.2 Å². The number of aromatic nitrogens is 1. The Morgan fingerprint density at radius 2 is 1.96 bits per heavy atom. The molecule has 1 aliphatic heterocycles. The molecule has 1 aromatic carbocycles. The number of carbonyl (C=O) groups excluding carboxylic acids is 1. The van der Waals surface area contributed by atoms with Crippen LogP contribution in [0.25, 0.3) is 0 Å². The number of carbonyl (C=O) groups is 1. The number of amides is 1. The molecule has 0 N–H and O–H groups in total. The van der Waals surface area contributed by atoms with E-state index in [2.05, 4.69) is 4.98 Å². The topological polar surface area (TPSA) is 67.3 Å². The zero-order valence-electron chi connectivity index (χ0n) is 13.6. The van der Waals surface area contributed by atoms with Crippen LogP contribution in [-0.2, 0) is 16.3 Å². The van der Waals surface area contributed by atoms with Crippen LogP contribution >= 0.6 is 0 Å². The summed E-state index contributed by atoms with van der Waals surface area (Å²) in [6.45, 7) is 0. The highest BCUT2D eigenvalue weighted by atomic mass is 32.2. The molecule has 0 radical (unpaired) electrons. The van der Waals surface area contributed by atoms with Crippen molar-refractivity contribution < 1.29 is 13.2 Å². The third-order valence-corrected chi connectivity index (χ3v) is 6.13. The Hall–Kier alpha value is -2.21. The summed E-state index contributed by atoms with van der Waals surface area (Å²) in [6, 6.07) is 13.4. The molecule has 1 amide bonds. The highest BCUT2D eigenvalue weighted by Gasteiger charge is 2.33. The Balaban J connectivity index is 1.67. The molecule has 0 bridgehead atoms. The number of sulfone groups is 1. The van der Waals surface area contributed by atoms with Gasteiger partial charge in [0.15, 0.2) is 9.84 Å². The molecule has 1 saturated heterocycles. The first-order valence-corrected chi connectivity index (χ1v) is 9.73. The van der Waals surface area contributed by atoms with Crippen LogP contribution in [0.15, 0.2) is 48.7 Å². The summed E-state index contributed by atoms with van der Waals surface area (Å²) in [7, 11) is -1.35. The van der Waals surface area contributed by atoms with E-state index in [0.29, 0.717) is 18.4 Å². The van der Waals surface area contributed by atoms with Crippen molar-refractivity contribution in [2.24, 2.45) is 0 Å². The van der Waals surface area contributed by atoms with Crippen molar-refractivity contribution in [2.75, 3.05) is 18.6 Å². The van der Waals surface area contributed by atoms with E-state index in [1.165, 1.54) is 4.90 Å². The monoisotopic (exact) mass is 344 g/mol. The molecule has 6 heteroatoms. The minimum absolute atomic E-state index is 0.0504.